The number of H-pyrrole nitrogens is 1. The molecule has 0 atom stereocenters. The number of carbonyl (C=O) groups excluding carboxylic acids is 1. The molecule has 96 valence electrons. The summed E-state index contributed by atoms with van der Waals surface area (Å²) < 4.78 is 0. The minimum atomic E-state index is -0.0657. The van der Waals surface area contributed by atoms with Crippen molar-refractivity contribution in [2.45, 2.75) is 26.3 Å². The molecule has 1 rings (SSSR count). The van der Waals surface area contributed by atoms with Gasteiger partial charge < -0.3 is 11.1 Å². The molecule has 0 unspecified atom stereocenters. The van der Waals surface area contributed by atoms with E-state index in [1.807, 2.05) is 20.8 Å². The van der Waals surface area contributed by atoms with Crippen LogP contribution in [0.25, 0.3) is 0 Å². The number of thioether (sulfide) groups is 1. The van der Waals surface area contributed by atoms with Crippen molar-refractivity contribution in [2.24, 2.45) is 5.73 Å². The average molecular weight is 256 g/mol. The van der Waals surface area contributed by atoms with Crippen LogP contribution in [-0.2, 0) is 0 Å². The topological polar surface area (TPSA) is 83.8 Å². The molecule has 0 aliphatic carbocycles. The lowest BCUT2D eigenvalue weighted by Crippen LogP contribution is -2.26. The third-order valence-electron chi connectivity index (χ3n) is 1.88. The standard InChI is InChI=1S/C11H20N4OS/c1-11(2,3)13-10-6-8(14-15-10)9(16)7-17-5-4-12/h6H,4-5,7,12H2,1-3H3,(H2,13,14,15). The van der Waals surface area contributed by atoms with Crippen LogP contribution >= 0.6 is 11.8 Å². The smallest absolute Gasteiger partial charge is 0.190 e. The number of hydrogen-bond acceptors (Lipinski definition) is 5. The number of nitrogens with two attached hydrogens (primary N) is 1. The van der Waals surface area contributed by atoms with Gasteiger partial charge in [-0.05, 0) is 20.8 Å². The Morgan fingerprint density at radius 2 is 2.29 bits per heavy atom. The molecule has 4 N–H and O–H groups in total. The lowest BCUT2D eigenvalue weighted by Gasteiger charge is -2.19. The summed E-state index contributed by atoms with van der Waals surface area (Å²) in [6.07, 6.45) is 0. The van der Waals surface area contributed by atoms with Gasteiger partial charge in [-0.25, -0.2) is 0 Å². The summed E-state index contributed by atoms with van der Waals surface area (Å²) in [4.78, 5) is 11.7. The highest BCUT2D eigenvalue weighted by atomic mass is 32.2. The van der Waals surface area contributed by atoms with Crippen LogP contribution in [0.3, 0.4) is 0 Å². The number of Topliss-reactive ketones (excluding diaryl/α,β-unsaturated/α-hetero) is 1. The third kappa shape index (κ3) is 5.23. The molecule has 0 aromatic carbocycles. The predicted molar refractivity (Wildman–Crippen MR) is 72.7 cm³/mol. The Kier molecular flexibility index (Phi) is 5.02. The minimum absolute atomic E-state index is 0.0536. The number of hydrogen-bond donors (Lipinski definition) is 3. The second kappa shape index (κ2) is 6.07. The van der Waals surface area contributed by atoms with Gasteiger partial charge in [0, 0.05) is 23.9 Å². The van der Waals surface area contributed by atoms with Gasteiger partial charge in [0.05, 0.1) is 5.75 Å². The number of nitrogens with zero attached hydrogens (tertiary/aromatic N) is 1. The molecule has 6 heteroatoms. The molecule has 0 radical (unpaired) electrons. The van der Waals surface area contributed by atoms with Gasteiger partial charge in [0.2, 0.25) is 0 Å². The van der Waals surface area contributed by atoms with Crippen molar-refractivity contribution in [3.8, 4) is 0 Å². The maximum Gasteiger partial charge on any atom is 0.190 e. The van der Waals surface area contributed by atoms with Gasteiger partial charge in [0.25, 0.3) is 0 Å². The molecule has 0 saturated carbocycles. The molecule has 1 heterocycles. The number of nitrogens with one attached hydrogen (secondary N) is 2. The first-order valence-electron chi connectivity index (χ1n) is 5.57. The zero-order chi connectivity index (χ0) is 12.9. The summed E-state index contributed by atoms with van der Waals surface area (Å²) in [5.74, 6) is 1.99. The van der Waals surface area contributed by atoms with E-state index < -0.39 is 0 Å². The lowest BCUT2D eigenvalue weighted by atomic mass is 10.1. The van der Waals surface area contributed by atoms with Gasteiger partial charge in [0.1, 0.15) is 11.5 Å². The van der Waals surface area contributed by atoms with Crippen LogP contribution in [0.4, 0.5) is 5.82 Å². The Hall–Kier alpha value is -1.01. The Bertz CT molecular complexity index is 370. The Labute approximate surface area is 106 Å². The summed E-state index contributed by atoms with van der Waals surface area (Å²) in [5.41, 5.74) is 5.84. The molecule has 1 aromatic rings. The largest absolute Gasteiger partial charge is 0.364 e. The van der Waals surface area contributed by atoms with Crippen LogP contribution in [0.5, 0.6) is 0 Å². The molecule has 5 nitrogen and oxygen atoms in total. The van der Waals surface area contributed by atoms with Crippen LogP contribution in [0.2, 0.25) is 0 Å². The number of anilines is 1. The van der Waals surface area contributed by atoms with Gasteiger partial charge in [-0.1, -0.05) is 0 Å². The van der Waals surface area contributed by atoms with Crippen LogP contribution in [0.15, 0.2) is 6.07 Å². The van der Waals surface area contributed by atoms with E-state index >= 15 is 0 Å². The second-order valence-electron chi connectivity index (χ2n) is 4.81. The summed E-state index contributed by atoms with van der Waals surface area (Å²) in [6, 6.07) is 1.75. The molecule has 0 saturated heterocycles. The number of rotatable bonds is 6. The van der Waals surface area contributed by atoms with Crippen molar-refractivity contribution in [1.29, 1.82) is 0 Å². The maximum absolute atomic E-state index is 11.7. The zero-order valence-corrected chi connectivity index (χ0v) is 11.4. The Morgan fingerprint density at radius 1 is 1.59 bits per heavy atom. The van der Waals surface area contributed by atoms with E-state index in [1.54, 1.807) is 6.07 Å². The average Bonchev–Trinajstić information content (AvgIpc) is 2.64. The highest BCUT2D eigenvalue weighted by molar-refractivity contribution is 8.00. The molecule has 0 aliphatic rings. The fourth-order valence-corrected chi connectivity index (χ4v) is 1.89. The molecule has 17 heavy (non-hydrogen) atoms. The van der Waals surface area contributed by atoms with Crippen LogP contribution < -0.4 is 11.1 Å². The molecule has 0 spiro atoms. The monoisotopic (exact) mass is 256 g/mol. The summed E-state index contributed by atoms with van der Waals surface area (Å²) in [5, 5.41) is 10.0. The van der Waals surface area contributed by atoms with Gasteiger partial charge in [-0.3, -0.25) is 9.89 Å². The minimum Gasteiger partial charge on any atom is -0.364 e. The van der Waals surface area contributed by atoms with Crippen molar-refractivity contribution < 1.29 is 4.79 Å². The highest BCUT2D eigenvalue weighted by Crippen LogP contribution is 2.14. The number of aromatic amines is 1. The molecule has 0 fully saturated rings. The molecule has 0 aliphatic heterocycles. The van der Waals surface area contributed by atoms with E-state index in [2.05, 4.69) is 15.5 Å². The normalized spacial score (nSPS) is 11.5. The number of aromatic nitrogens is 2. The van der Waals surface area contributed by atoms with Gasteiger partial charge in [-0.2, -0.15) is 16.9 Å². The van der Waals surface area contributed by atoms with Gasteiger partial charge in [-0.15, -0.1) is 0 Å². The van der Waals surface area contributed by atoms with Crippen molar-refractivity contribution >= 4 is 23.4 Å². The van der Waals surface area contributed by atoms with E-state index in [0.29, 0.717) is 23.8 Å². The first-order valence-corrected chi connectivity index (χ1v) is 6.72. The van der Waals surface area contributed by atoms with Crippen molar-refractivity contribution in [1.82, 2.24) is 10.2 Å². The zero-order valence-electron chi connectivity index (χ0n) is 10.5. The highest BCUT2D eigenvalue weighted by Gasteiger charge is 2.14. The number of ketones is 1. The van der Waals surface area contributed by atoms with Gasteiger partial charge in [0.15, 0.2) is 5.78 Å². The van der Waals surface area contributed by atoms with Crippen molar-refractivity contribution in [3.63, 3.8) is 0 Å². The fraction of sp³-hybridized carbons (Fsp3) is 0.636. The third-order valence-corrected chi connectivity index (χ3v) is 2.87. The van der Waals surface area contributed by atoms with E-state index in [-0.39, 0.29) is 11.3 Å². The quantitative estimate of drug-likeness (QED) is 0.530. The first kappa shape index (κ1) is 14.1. The van der Waals surface area contributed by atoms with Crippen LogP contribution in [0.1, 0.15) is 31.3 Å². The summed E-state index contributed by atoms with van der Waals surface area (Å²) >= 11 is 1.54. The van der Waals surface area contributed by atoms with Crippen molar-refractivity contribution in [3.05, 3.63) is 11.8 Å². The van der Waals surface area contributed by atoms with E-state index in [4.69, 9.17) is 5.73 Å². The molecule has 0 bridgehead atoms. The fourth-order valence-electron chi connectivity index (χ4n) is 1.24. The number of carbonyl (C=O) groups is 1. The van der Waals surface area contributed by atoms with E-state index in [1.165, 1.54) is 11.8 Å². The van der Waals surface area contributed by atoms with Crippen LogP contribution in [0, 0.1) is 0 Å². The molecular formula is C11H20N4OS. The lowest BCUT2D eigenvalue weighted by molar-refractivity contribution is 0.101. The Morgan fingerprint density at radius 3 is 2.88 bits per heavy atom. The van der Waals surface area contributed by atoms with Gasteiger partial charge >= 0.3 is 0 Å². The second-order valence-corrected chi connectivity index (χ2v) is 5.91. The van der Waals surface area contributed by atoms with E-state index in [9.17, 15) is 4.79 Å². The van der Waals surface area contributed by atoms with Crippen molar-refractivity contribution in [2.75, 3.05) is 23.4 Å². The molecule has 0 amide bonds. The summed E-state index contributed by atoms with van der Waals surface area (Å²) in [7, 11) is 0. The molecular weight excluding hydrogens is 236 g/mol. The Balaban J connectivity index is 2.52. The summed E-state index contributed by atoms with van der Waals surface area (Å²) in [6.45, 7) is 6.72. The molecule has 1 aromatic heterocycles. The maximum atomic E-state index is 11.7. The van der Waals surface area contributed by atoms with E-state index in [0.717, 1.165) is 5.75 Å². The SMILES string of the molecule is CC(C)(C)Nc1cc(C(=O)CSCCN)[nH]n1. The predicted octanol–water partition coefficient (Wildman–Crippen LogP) is 1.49. The van der Waals surface area contributed by atoms with Crippen LogP contribution in [-0.4, -0.2) is 39.6 Å². The first-order chi connectivity index (χ1) is 7.92.